The molecule has 0 spiro atoms. The highest BCUT2D eigenvalue weighted by molar-refractivity contribution is 5.91. The molecule has 2 fully saturated rings. The second kappa shape index (κ2) is 16.6. The van der Waals surface area contributed by atoms with Gasteiger partial charge in [0, 0.05) is 36.6 Å². The zero-order valence-electron chi connectivity index (χ0n) is 33.3. The van der Waals surface area contributed by atoms with Gasteiger partial charge < -0.3 is 9.84 Å². The van der Waals surface area contributed by atoms with Crippen molar-refractivity contribution < 1.29 is 19.4 Å². The summed E-state index contributed by atoms with van der Waals surface area (Å²) in [7, 11) is 1.39. The van der Waals surface area contributed by atoms with Gasteiger partial charge in [-0.2, -0.15) is 0 Å². The van der Waals surface area contributed by atoms with Crippen LogP contribution in [0, 0.1) is 0 Å². The molecule has 8 aromatic rings. The molecule has 1 N–H and O–H groups in total. The predicted octanol–water partition coefficient (Wildman–Crippen LogP) is 7.98. The van der Waals surface area contributed by atoms with Crippen molar-refractivity contribution in [2.75, 3.05) is 7.11 Å². The molecule has 0 aliphatic heterocycles. The Labute approximate surface area is 349 Å². The van der Waals surface area contributed by atoms with Gasteiger partial charge in [-0.15, -0.1) is 0 Å². The van der Waals surface area contributed by atoms with Gasteiger partial charge in [-0.05, 0) is 120 Å². The second-order valence-corrected chi connectivity index (χ2v) is 15.4. The average Bonchev–Trinajstić information content (AvgIpc) is 4.23. The molecule has 0 saturated heterocycles. The fourth-order valence-corrected chi connectivity index (χ4v) is 7.67. The Morgan fingerprint density at radius 2 is 1.03 bits per heavy atom. The smallest absolute Gasteiger partial charge is 0.339 e. The van der Waals surface area contributed by atoms with Crippen molar-refractivity contribution in [3.8, 4) is 11.4 Å². The third-order valence-electron chi connectivity index (χ3n) is 11.1. The van der Waals surface area contributed by atoms with Crippen LogP contribution >= 0.6 is 0 Å². The van der Waals surface area contributed by atoms with E-state index in [9.17, 15) is 24.3 Å². The molecule has 302 valence electrons. The highest BCUT2D eigenvalue weighted by Crippen LogP contribution is 2.41. The Bertz CT molecular complexity index is 3080. The summed E-state index contributed by atoms with van der Waals surface area (Å²) in [5.41, 5.74) is 9.88. The molecule has 61 heavy (non-hydrogen) atoms. The van der Waals surface area contributed by atoms with Gasteiger partial charge in [0.2, 0.25) is 0 Å². The van der Waals surface area contributed by atoms with Gasteiger partial charge in [-0.1, -0.05) is 48.5 Å². The number of hydrogen-bond acceptors (Lipinski definition) is 9. The van der Waals surface area contributed by atoms with E-state index in [1.165, 1.54) is 19.5 Å². The number of fused-ring (bicyclic) bond motifs is 2. The number of aromatic nitrogens is 6. The summed E-state index contributed by atoms with van der Waals surface area (Å²) in [5, 5.41) is 9.64. The molecule has 10 rings (SSSR count). The van der Waals surface area contributed by atoms with E-state index in [2.05, 4.69) is 19.9 Å². The molecular weight excluding hydrogens is 769 g/mol. The molecule has 12 heteroatoms. The molecule has 2 aliphatic carbocycles. The number of hydrogen-bond donors (Lipinski definition) is 1. The number of carboxylic acids is 1. The van der Waals surface area contributed by atoms with Crippen LogP contribution in [0.15, 0.2) is 144 Å². The lowest BCUT2D eigenvalue weighted by atomic mass is 10.0. The lowest BCUT2D eigenvalue weighted by Crippen LogP contribution is -2.18. The van der Waals surface area contributed by atoms with Crippen molar-refractivity contribution in [1.82, 2.24) is 29.1 Å². The molecular formula is C49H40N6O6. The second-order valence-electron chi connectivity index (χ2n) is 15.4. The molecule has 0 bridgehead atoms. The molecule has 2 saturated carbocycles. The highest BCUT2D eigenvalue weighted by atomic mass is 16.5. The van der Waals surface area contributed by atoms with Gasteiger partial charge in [-0.3, -0.25) is 28.7 Å². The first kappa shape index (κ1) is 38.9. The van der Waals surface area contributed by atoms with Crippen LogP contribution in [0.1, 0.15) is 91.9 Å². The van der Waals surface area contributed by atoms with Crippen LogP contribution < -0.4 is 11.1 Å². The summed E-state index contributed by atoms with van der Waals surface area (Å²) >= 11 is 0. The fourth-order valence-electron chi connectivity index (χ4n) is 7.67. The van der Waals surface area contributed by atoms with Crippen molar-refractivity contribution >= 4 is 34.0 Å². The number of carboxylic acid groups (broad SMARTS) is 1. The normalized spacial score (nSPS) is 13.4. The predicted molar refractivity (Wildman–Crippen MR) is 231 cm³/mol. The number of ether oxygens (including phenoxy) is 1. The number of aromatic carboxylic acids is 1. The number of para-hydroxylation sites is 2. The van der Waals surface area contributed by atoms with E-state index >= 15 is 0 Å². The van der Waals surface area contributed by atoms with E-state index < -0.39 is 5.97 Å². The lowest BCUT2D eigenvalue weighted by Gasteiger charge is -2.12. The topological polar surface area (TPSA) is 159 Å². The summed E-state index contributed by atoms with van der Waals surface area (Å²) < 4.78 is 8.26. The SMILES string of the molecule is COC(=O)c1cc(C2CC2)cnc1Cc1ccc2c(c1)ncc(=O)n2-c1ccccc1.O=C(O)c1cc(C2CC2)cnc1Cc1ccc2c(c1)ncc(=O)n2-c1ccccc1. The maximum atomic E-state index is 12.5. The maximum absolute atomic E-state index is 12.5. The Hall–Kier alpha value is -7.60. The van der Waals surface area contributed by atoms with E-state index in [0.29, 0.717) is 58.2 Å². The van der Waals surface area contributed by atoms with Crippen molar-refractivity contribution in [1.29, 1.82) is 0 Å². The zero-order chi connectivity index (χ0) is 42.0. The van der Waals surface area contributed by atoms with Crippen LogP contribution in [-0.4, -0.2) is 53.2 Å². The quantitative estimate of drug-likeness (QED) is 0.134. The lowest BCUT2D eigenvalue weighted by molar-refractivity contribution is 0.0598. The van der Waals surface area contributed by atoms with E-state index in [-0.39, 0.29) is 22.7 Å². The fraction of sp³-hybridized carbons (Fsp3) is 0.184. The van der Waals surface area contributed by atoms with Crippen LogP contribution in [0.3, 0.4) is 0 Å². The minimum Gasteiger partial charge on any atom is -0.478 e. The number of pyridine rings is 2. The number of methoxy groups -OCH3 is 1. The molecule has 0 atom stereocenters. The van der Waals surface area contributed by atoms with E-state index in [1.54, 1.807) is 21.4 Å². The van der Waals surface area contributed by atoms with Crippen molar-refractivity contribution in [3.63, 3.8) is 0 Å². The molecule has 2 aliphatic rings. The Morgan fingerprint density at radius 3 is 1.46 bits per heavy atom. The van der Waals surface area contributed by atoms with E-state index in [0.717, 1.165) is 64.8 Å². The number of esters is 1. The van der Waals surface area contributed by atoms with Crippen LogP contribution in [-0.2, 0) is 17.6 Å². The maximum Gasteiger partial charge on any atom is 0.339 e. The summed E-state index contributed by atoms with van der Waals surface area (Å²) in [6, 6.07) is 34.0. The van der Waals surface area contributed by atoms with Gasteiger partial charge in [0.15, 0.2) is 0 Å². The Balaban J connectivity index is 0.000000156. The third kappa shape index (κ3) is 8.33. The first-order chi connectivity index (χ1) is 29.7. The summed E-state index contributed by atoms with van der Waals surface area (Å²) in [5.74, 6) is -0.382. The average molecular weight is 809 g/mol. The standard InChI is InChI=1S/C25H21N3O3.C24H19N3O3/c1-31-25(30)20-13-18(17-8-9-17)14-26-21(20)11-16-7-10-23-22(12-16)27-15-24(29)28(23)19-5-3-2-4-6-19;28-23-14-26-21-11-15(6-9-22(21)27(23)18-4-2-1-3-5-18)10-20-19(24(29)30)12-17(13-25-20)16-7-8-16/h2-7,10,12-15,17H,8-9,11H2,1H3;1-6,9,11-14,16H,7-8,10H2,(H,29,30). The molecule has 0 amide bonds. The first-order valence-corrected chi connectivity index (χ1v) is 20.2. The zero-order valence-corrected chi connectivity index (χ0v) is 33.3. The molecule has 0 radical (unpaired) electrons. The van der Waals surface area contributed by atoms with Gasteiger partial charge in [0.1, 0.15) is 0 Å². The van der Waals surface area contributed by atoms with Crippen LogP contribution in [0.2, 0.25) is 0 Å². The molecule has 0 unspecified atom stereocenters. The number of carbonyl (C=O) groups is 2. The van der Waals surface area contributed by atoms with Crippen LogP contribution in [0.5, 0.6) is 0 Å². The largest absolute Gasteiger partial charge is 0.478 e. The van der Waals surface area contributed by atoms with E-state index in [1.807, 2.05) is 109 Å². The van der Waals surface area contributed by atoms with Crippen LogP contribution in [0.25, 0.3) is 33.4 Å². The number of rotatable bonds is 10. The van der Waals surface area contributed by atoms with Gasteiger partial charge >= 0.3 is 11.9 Å². The van der Waals surface area contributed by atoms with Crippen molar-refractivity contribution in [2.45, 2.75) is 50.4 Å². The van der Waals surface area contributed by atoms with Crippen molar-refractivity contribution in [3.05, 3.63) is 199 Å². The minimum absolute atomic E-state index is 0.184. The Morgan fingerprint density at radius 1 is 0.590 bits per heavy atom. The highest BCUT2D eigenvalue weighted by Gasteiger charge is 2.27. The summed E-state index contributed by atoms with van der Waals surface area (Å²) in [4.78, 5) is 66.8. The number of benzene rings is 4. The first-order valence-electron chi connectivity index (χ1n) is 20.2. The van der Waals surface area contributed by atoms with Crippen LogP contribution in [0.4, 0.5) is 0 Å². The summed E-state index contributed by atoms with van der Waals surface area (Å²) in [6.45, 7) is 0. The molecule has 4 aromatic heterocycles. The van der Waals surface area contributed by atoms with E-state index in [4.69, 9.17) is 4.74 Å². The molecule has 4 aromatic carbocycles. The molecule has 4 heterocycles. The van der Waals surface area contributed by atoms with Gasteiger partial charge in [0.05, 0.1) is 64.1 Å². The van der Waals surface area contributed by atoms with Crippen molar-refractivity contribution in [2.24, 2.45) is 0 Å². The Kier molecular flexibility index (Phi) is 10.6. The molecule has 12 nitrogen and oxygen atoms in total. The van der Waals surface area contributed by atoms with Gasteiger partial charge in [0.25, 0.3) is 11.1 Å². The number of nitrogens with zero attached hydrogens (tertiary/aromatic N) is 6. The third-order valence-corrected chi connectivity index (χ3v) is 11.1. The number of carbonyl (C=O) groups excluding carboxylic acids is 1. The minimum atomic E-state index is -0.961. The summed E-state index contributed by atoms with van der Waals surface area (Å²) in [6.07, 6.45) is 11.6. The van der Waals surface area contributed by atoms with Gasteiger partial charge in [-0.25, -0.2) is 19.6 Å². The monoisotopic (exact) mass is 808 g/mol.